The molecule has 27 nitrogen and oxygen atoms in total. The molecule has 2 N–H and O–H groups in total. The molecule has 97 heavy (non-hydrogen) atoms. The lowest BCUT2D eigenvalue weighted by Gasteiger charge is -2.37. The molecule has 0 atom stereocenters. The van der Waals surface area contributed by atoms with Crippen molar-refractivity contribution in [3.8, 4) is 0 Å². The number of esters is 3. The Morgan fingerprint density at radius 3 is 1.23 bits per heavy atom. The molecule has 0 unspecified atom stereocenters. The molecule has 4 aromatic carbocycles. The molecule has 0 aliphatic carbocycles. The van der Waals surface area contributed by atoms with E-state index in [4.69, 9.17) is 14.2 Å². The number of carbonyl (C=O) groups excluding carboxylic acids is 6. The monoisotopic (exact) mass is 1340 g/mol. The summed E-state index contributed by atoms with van der Waals surface area (Å²) in [6.07, 6.45) is 4.63. The Bertz CT molecular complexity index is 4830. The number of fused-ring (bicyclic) bond motifs is 4. The summed E-state index contributed by atoms with van der Waals surface area (Å²) in [5, 5.41) is 7.07. The number of pyridine rings is 4. The van der Waals surface area contributed by atoms with Crippen LogP contribution in [0.15, 0.2) is 136 Å². The Labute approximate surface area is 560 Å². The van der Waals surface area contributed by atoms with Crippen LogP contribution in [0.3, 0.4) is 0 Å². The molecule has 3 saturated heterocycles. The van der Waals surface area contributed by atoms with Gasteiger partial charge in [-0.2, -0.15) is 8.75 Å². The van der Waals surface area contributed by atoms with E-state index in [-0.39, 0.29) is 54.2 Å². The highest BCUT2D eigenvalue weighted by Gasteiger charge is 2.35. The number of carbonyl (C=O) groups is 6. The van der Waals surface area contributed by atoms with Crippen LogP contribution in [0.4, 0.5) is 22.9 Å². The molecule has 0 radical (unpaired) electrons. The topological polar surface area (TPSA) is 295 Å². The highest BCUT2D eigenvalue weighted by atomic mass is 32.1. The highest BCUT2D eigenvalue weighted by molar-refractivity contribution is 6.99. The summed E-state index contributed by atoms with van der Waals surface area (Å²) in [6, 6.07) is 32.1. The fourth-order valence-corrected chi connectivity index (χ4v) is 13.2. The van der Waals surface area contributed by atoms with Crippen molar-refractivity contribution < 1.29 is 43.0 Å². The van der Waals surface area contributed by atoms with Crippen molar-refractivity contribution in [2.45, 2.75) is 20.8 Å². The van der Waals surface area contributed by atoms with Crippen molar-refractivity contribution in [3.05, 3.63) is 187 Å². The summed E-state index contributed by atoms with van der Waals surface area (Å²) in [7, 11) is 6.65. The number of nitrogens with zero attached hydrogens (tertiary/aromatic N) is 13. The van der Waals surface area contributed by atoms with Gasteiger partial charge in [0.25, 0.3) is 34.4 Å². The SMILES string of the molecule is CCOC(=O)c1c(N2CCN(C(=O)c3cnc[nH]3)CC2)c2ccccc2n(C)c1=O.CCOC(=O)c1c(N2CCN(C(=O)c3nccc4ccccc34)CC2)c2ccccc2n(C)c1=O.CCOC(=O)c1c(N2CCN(C(=O)c3nsnc3NC)CC2)c2ccccc2n(C)c1=O. The number of anilines is 4. The maximum Gasteiger partial charge on any atom is 0.345 e. The van der Waals surface area contributed by atoms with Gasteiger partial charge in [0.1, 0.15) is 28.1 Å². The minimum atomic E-state index is -0.639. The van der Waals surface area contributed by atoms with Gasteiger partial charge in [0.2, 0.25) is 0 Å². The lowest BCUT2D eigenvalue weighted by atomic mass is 10.1. The molecule has 0 spiro atoms. The van der Waals surface area contributed by atoms with Crippen molar-refractivity contribution in [2.24, 2.45) is 21.1 Å². The Balaban J connectivity index is 0.000000148. The van der Waals surface area contributed by atoms with Crippen LogP contribution >= 0.6 is 11.7 Å². The van der Waals surface area contributed by atoms with Crippen LogP contribution in [0.1, 0.15) is 83.3 Å². The van der Waals surface area contributed by atoms with Gasteiger partial charge in [-0.05, 0) is 50.4 Å². The first-order chi connectivity index (χ1) is 47.0. The van der Waals surface area contributed by atoms with Gasteiger partial charge in [-0.1, -0.05) is 78.9 Å². The van der Waals surface area contributed by atoms with Crippen molar-refractivity contribution in [1.82, 2.24) is 52.1 Å². The van der Waals surface area contributed by atoms with Crippen LogP contribution in [0.2, 0.25) is 0 Å². The summed E-state index contributed by atoms with van der Waals surface area (Å²) in [6.45, 7) is 11.2. The molecule has 3 aliphatic rings. The lowest BCUT2D eigenvalue weighted by Crippen LogP contribution is -2.50. The van der Waals surface area contributed by atoms with Crippen LogP contribution in [0.25, 0.3) is 43.5 Å². The van der Waals surface area contributed by atoms with Gasteiger partial charge < -0.3 is 67.6 Å². The molecule has 502 valence electrons. The van der Waals surface area contributed by atoms with E-state index in [2.05, 4.69) is 29.0 Å². The van der Waals surface area contributed by atoms with Gasteiger partial charge in [0, 0.05) is 134 Å². The average Bonchev–Trinajstić information content (AvgIpc) is 1.47. The predicted octanol–water partition coefficient (Wildman–Crippen LogP) is 6.20. The third kappa shape index (κ3) is 13.3. The third-order valence-electron chi connectivity index (χ3n) is 17.4. The second-order valence-electron chi connectivity index (χ2n) is 22.9. The zero-order valence-corrected chi connectivity index (χ0v) is 55.6. The molecule has 0 saturated carbocycles. The number of piperazine rings is 3. The molecule has 0 bridgehead atoms. The quantitative estimate of drug-likeness (QED) is 0.0959. The first-order valence-corrected chi connectivity index (χ1v) is 32.6. The van der Waals surface area contributed by atoms with E-state index in [9.17, 15) is 43.2 Å². The zero-order chi connectivity index (χ0) is 68.6. The van der Waals surface area contributed by atoms with Crippen molar-refractivity contribution in [2.75, 3.05) is 125 Å². The van der Waals surface area contributed by atoms with E-state index in [0.717, 1.165) is 55.2 Å². The Kier molecular flexibility index (Phi) is 20.5. The zero-order valence-electron chi connectivity index (χ0n) is 54.8. The number of H-pyrrole nitrogens is 1. The summed E-state index contributed by atoms with van der Waals surface area (Å²) in [4.78, 5) is 139. The molecule has 6 aromatic heterocycles. The number of amides is 3. The smallest absolute Gasteiger partial charge is 0.345 e. The number of hydrogen-bond donors (Lipinski definition) is 2. The fraction of sp³-hybridized carbons (Fsp3) is 0.319. The summed E-state index contributed by atoms with van der Waals surface area (Å²) in [5.41, 5.74) is 3.97. The molecular formula is C69H73N15O12S. The van der Waals surface area contributed by atoms with Gasteiger partial charge in [-0.25, -0.2) is 19.4 Å². The number of para-hydroxylation sites is 3. The average molecular weight is 1340 g/mol. The molecule has 28 heteroatoms. The fourth-order valence-electron chi connectivity index (χ4n) is 12.6. The molecule has 13 rings (SSSR count). The van der Waals surface area contributed by atoms with Gasteiger partial charge in [0.05, 0.1) is 77.7 Å². The minimum absolute atomic E-state index is 0.0222. The molecule has 10 aromatic rings. The first-order valence-electron chi connectivity index (χ1n) is 31.8. The molecule has 3 aliphatic heterocycles. The largest absolute Gasteiger partial charge is 0.462 e. The number of imidazole rings is 1. The molecular weight excluding hydrogens is 1260 g/mol. The standard InChI is InChI=1S/C27H26N4O4.C21H24N6O4S.C21H23N5O4/c1-3-35-27(34)22-24(20-10-6-7-11-21(20)29(2)25(22)32)30-14-16-31(17-15-30)26(33)23-19-9-5-4-8-18(19)12-13-28-23;1-4-31-21(30)15-17(13-7-5-6-8-14(13)25(3)19(15)28)26-9-11-27(12-10-26)20(29)16-18(22-2)24-32-23-16;1-3-30-21(29)17-18(14-6-4-5-7-16(14)24(2)20(17)28)25-8-10-26(11-9-25)19(27)15-12-22-13-23-15/h4-13H,3,14-17H2,1-2H3;5-8H,4,9-12H2,1-3H3,(H,22,24);4-7,12-13H,3,8-11H2,1-2H3,(H,22,23). The number of aromatic amines is 1. The first kappa shape index (κ1) is 67.1. The van der Waals surface area contributed by atoms with Gasteiger partial charge in [-0.15, -0.1) is 0 Å². The summed E-state index contributed by atoms with van der Waals surface area (Å²) >= 11 is 0.986. The number of ether oxygens (including phenoxy) is 3. The molecule has 3 amide bonds. The Morgan fingerprint density at radius 1 is 0.474 bits per heavy atom. The highest BCUT2D eigenvalue weighted by Crippen LogP contribution is 2.34. The predicted molar refractivity (Wildman–Crippen MR) is 370 cm³/mol. The maximum absolute atomic E-state index is 13.3. The summed E-state index contributed by atoms with van der Waals surface area (Å²) < 4.78 is 28.3. The second-order valence-corrected chi connectivity index (χ2v) is 23.4. The van der Waals surface area contributed by atoms with Crippen LogP contribution in [-0.2, 0) is 35.4 Å². The van der Waals surface area contributed by atoms with Crippen LogP contribution in [-0.4, -0.2) is 193 Å². The number of nitrogens with one attached hydrogen (secondary N) is 2. The normalized spacial score (nSPS) is 14.0. The van der Waals surface area contributed by atoms with E-state index in [1.165, 1.54) is 26.2 Å². The number of aryl methyl sites for hydroxylation is 3. The third-order valence-corrected chi connectivity index (χ3v) is 18.0. The van der Waals surface area contributed by atoms with Crippen molar-refractivity contribution >= 4 is 114 Å². The van der Waals surface area contributed by atoms with Crippen LogP contribution < -0.4 is 36.7 Å². The number of benzene rings is 4. The van der Waals surface area contributed by atoms with Gasteiger partial charge in [0.15, 0.2) is 11.5 Å². The Hall–Kier alpha value is -11.3. The summed E-state index contributed by atoms with van der Waals surface area (Å²) in [5.74, 6) is -1.87. The van der Waals surface area contributed by atoms with E-state index in [0.29, 0.717) is 118 Å². The van der Waals surface area contributed by atoms with E-state index < -0.39 is 34.6 Å². The van der Waals surface area contributed by atoms with E-state index in [1.54, 1.807) is 69.9 Å². The van der Waals surface area contributed by atoms with Gasteiger partial charge in [-0.3, -0.25) is 33.8 Å². The van der Waals surface area contributed by atoms with E-state index >= 15 is 0 Å². The van der Waals surface area contributed by atoms with E-state index in [1.807, 2.05) is 118 Å². The number of hydrogen-bond acceptors (Lipinski definition) is 21. The maximum atomic E-state index is 13.3. The van der Waals surface area contributed by atoms with Crippen molar-refractivity contribution in [1.29, 1.82) is 0 Å². The van der Waals surface area contributed by atoms with Crippen LogP contribution in [0, 0.1) is 0 Å². The lowest BCUT2D eigenvalue weighted by molar-refractivity contribution is 0.0514. The van der Waals surface area contributed by atoms with Crippen LogP contribution in [0.5, 0.6) is 0 Å². The number of aromatic nitrogens is 8. The molecule has 3 fully saturated rings. The number of rotatable bonds is 13. The Morgan fingerprint density at radius 2 is 0.845 bits per heavy atom. The molecule has 9 heterocycles. The van der Waals surface area contributed by atoms with Crippen molar-refractivity contribution in [3.63, 3.8) is 0 Å². The second kappa shape index (κ2) is 29.6. The van der Waals surface area contributed by atoms with Gasteiger partial charge >= 0.3 is 17.9 Å². The minimum Gasteiger partial charge on any atom is -0.462 e.